The quantitative estimate of drug-likeness (QED) is 0.550. The highest BCUT2D eigenvalue weighted by Gasteiger charge is 2.33. The molecular formula is C27H32ClN5O2. The van der Waals surface area contributed by atoms with Gasteiger partial charge in [0.05, 0.1) is 5.69 Å². The Hall–Kier alpha value is -2.93. The fourth-order valence-corrected chi connectivity index (χ4v) is 5.21. The van der Waals surface area contributed by atoms with Crippen molar-refractivity contribution in [3.63, 3.8) is 0 Å². The number of carbonyl (C=O) groups is 1. The first-order chi connectivity index (χ1) is 16.8. The Morgan fingerprint density at radius 1 is 1.09 bits per heavy atom. The maximum Gasteiger partial charge on any atom is 0.225 e. The summed E-state index contributed by atoms with van der Waals surface area (Å²) in [7, 11) is 0. The summed E-state index contributed by atoms with van der Waals surface area (Å²) in [5.74, 6) is 2.88. The van der Waals surface area contributed by atoms with Gasteiger partial charge >= 0.3 is 0 Å². The normalized spacial score (nSPS) is 22.0. The van der Waals surface area contributed by atoms with Gasteiger partial charge in [0, 0.05) is 41.1 Å². The molecule has 0 saturated heterocycles. The van der Waals surface area contributed by atoms with Gasteiger partial charge in [0.25, 0.3) is 0 Å². The largest absolute Gasteiger partial charge is 0.474 e. The van der Waals surface area contributed by atoms with Crippen LogP contribution < -0.4 is 10.1 Å². The highest BCUT2D eigenvalue weighted by atomic mass is 35.5. The maximum atomic E-state index is 12.8. The fraction of sp³-hybridized carbons (Fsp3) is 0.481. The first kappa shape index (κ1) is 23.8. The number of rotatable bonds is 4. The van der Waals surface area contributed by atoms with Crippen LogP contribution in [0.3, 0.4) is 0 Å². The van der Waals surface area contributed by atoms with Crippen molar-refractivity contribution in [3.8, 4) is 11.6 Å². The Bertz CT molecular complexity index is 1200. The number of hydrogen-bond acceptors (Lipinski definition) is 5. The first-order valence-electron chi connectivity index (χ1n) is 12.4. The Morgan fingerprint density at radius 2 is 1.89 bits per heavy atom. The highest BCUT2D eigenvalue weighted by molar-refractivity contribution is 6.30. The van der Waals surface area contributed by atoms with E-state index in [0.29, 0.717) is 29.7 Å². The third kappa shape index (κ3) is 5.20. The van der Waals surface area contributed by atoms with Crippen LogP contribution in [0, 0.1) is 5.41 Å². The van der Waals surface area contributed by atoms with Crippen LogP contribution in [-0.2, 0) is 17.6 Å². The molecule has 1 aromatic carbocycles. The maximum absolute atomic E-state index is 12.8. The molecule has 1 aliphatic carbocycles. The van der Waals surface area contributed by atoms with E-state index in [-0.39, 0.29) is 18.1 Å². The Kier molecular flexibility index (Phi) is 6.53. The van der Waals surface area contributed by atoms with E-state index >= 15 is 0 Å². The molecular weight excluding hydrogens is 462 g/mol. The summed E-state index contributed by atoms with van der Waals surface area (Å²) >= 11 is 6.38. The topological polar surface area (TPSA) is 81.9 Å². The van der Waals surface area contributed by atoms with E-state index in [1.54, 1.807) is 6.20 Å². The van der Waals surface area contributed by atoms with Gasteiger partial charge in [0.1, 0.15) is 17.8 Å². The minimum absolute atomic E-state index is 0.0329. The van der Waals surface area contributed by atoms with Crippen LogP contribution in [0.1, 0.15) is 69.6 Å². The van der Waals surface area contributed by atoms with E-state index in [1.165, 1.54) is 0 Å². The number of fused-ring (bicyclic) bond motifs is 3. The molecule has 0 spiro atoms. The van der Waals surface area contributed by atoms with E-state index < -0.39 is 5.41 Å². The fourth-order valence-electron chi connectivity index (χ4n) is 5.01. The van der Waals surface area contributed by atoms with Crippen LogP contribution in [0.15, 0.2) is 42.6 Å². The van der Waals surface area contributed by atoms with Gasteiger partial charge in [-0.3, -0.25) is 9.36 Å². The SMILES string of the molecule is CC(C)(C)C(=O)N[C@H]1Cc2cc(Cl)ccc2-n2c(nnc2C2CCC(Oc3ccccn3)CC2)C1. The second-order valence-electron chi connectivity index (χ2n) is 10.7. The predicted octanol–water partition coefficient (Wildman–Crippen LogP) is 5.05. The van der Waals surface area contributed by atoms with Crippen molar-refractivity contribution in [2.45, 2.75) is 77.4 Å². The number of benzene rings is 1. The third-order valence-corrected chi connectivity index (χ3v) is 7.15. The van der Waals surface area contributed by atoms with Gasteiger partial charge in [-0.05, 0) is 61.9 Å². The molecule has 1 saturated carbocycles. The molecule has 1 amide bonds. The summed E-state index contributed by atoms with van der Waals surface area (Å²) in [6.45, 7) is 5.79. The van der Waals surface area contributed by atoms with Gasteiger partial charge in [-0.25, -0.2) is 4.98 Å². The number of halogens is 1. The van der Waals surface area contributed by atoms with E-state index in [4.69, 9.17) is 16.3 Å². The molecule has 1 N–H and O–H groups in total. The number of pyridine rings is 1. The molecule has 2 aliphatic rings. The molecule has 1 fully saturated rings. The molecule has 0 unspecified atom stereocenters. The zero-order valence-corrected chi connectivity index (χ0v) is 21.3. The summed E-state index contributed by atoms with van der Waals surface area (Å²) in [6, 6.07) is 11.6. The van der Waals surface area contributed by atoms with E-state index in [0.717, 1.165) is 48.6 Å². The lowest BCUT2D eigenvalue weighted by Gasteiger charge is -2.28. The summed E-state index contributed by atoms with van der Waals surface area (Å²) in [5, 5.41) is 13.2. The van der Waals surface area contributed by atoms with Gasteiger partial charge < -0.3 is 10.1 Å². The molecule has 7 nitrogen and oxygen atoms in total. The van der Waals surface area contributed by atoms with Crippen molar-refractivity contribution >= 4 is 17.5 Å². The van der Waals surface area contributed by atoms with Crippen LogP contribution in [-0.4, -0.2) is 37.8 Å². The minimum Gasteiger partial charge on any atom is -0.474 e. The van der Waals surface area contributed by atoms with Gasteiger partial charge in [0.15, 0.2) is 0 Å². The third-order valence-electron chi connectivity index (χ3n) is 6.91. The molecule has 3 aromatic rings. The lowest BCUT2D eigenvalue weighted by molar-refractivity contribution is -0.129. The van der Waals surface area contributed by atoms with E-state index in [2.05, 4.69) is 31.1 Å². The Balaban J connectivity index is 1.39. The predicted molar refractivity (Wildman–Crippen MR) is 135 cm³/mol. The van der Waals surface area contributed by atoms with Crippen LogP contribution in [0.4, 0.5) is 0 Å². The second-order valence-corrected chi connectivity index (χ2v) is 11.1. The first-order valence-corrected chi connectivity index (χ1v) is 12.8. The zero-order valence-electron chi connectivity index (χ0n) is 20.5. The molecule has 35 heavy (non-hydrogen) atoms. The lowest BCUT2D eigenvalue weighted by Crippen LogP contribution is -2.43. The number of aromatic nitrogens is 4. The number of ether oxygens (including phenoxy) is 1. The average Bonchev–Trinajstić information content (AvgIpc) is 3.16. The molecule has 0 bridgehead atoms. The summed E-state index contributed by atoms with van der Waals surface area (Å²) in [5.41, 5.74) is 1.70. The molecule has 3 heterocycles. The monoisotopic (exact) mass is 493 g/mol. The number of nitrogens with zero attached hydrogens (tertiary/aromatic N) is 4. The van der Waals surface area contributed by atoms with Crippen molar-refractivity contribution in [2.75, 3.05) is 0 Å². The number of amides is 1. The van der Waals surface area contributed by atoms with Crippen molar-refractivity contribution in [1.82, 2.24) is 25.1 Å². The molecule has 1 aliphatic heterocycles. The Morgan fingerprint density at radius 3 is 2.60 bits per heavy atom. The summed E-state index contributed by atoms with van der Waals surface area (Å²) in [6.07, 6.45) is 7.08. The Labute approximate surface area is 211 Å². The van der Waals surface area contributed by atoms with Crippen molar-refractivity contribution < 1.29 is 9.53 Å². The zero-order chi connectivity index (χ0) is 24.6. The molecule has 1 atom stereocenters. The molecule has 5 rings (SSSR count). The molecule has 2 aromatic heterocycles. The van der Waals surface area contributed by atoms with E-state index in [9.17, 15) is 4.79 Å². The molecule has 184 valence electrons. The van der Waals surface area contributed by atoms with Gasteiger partial charge in [0.2, 0.25) is 11.8 Å². The minimum atomic E-state index is -0.460. The number of nitrogens with one attached hydrogen (secondary N) is 1. The second kappa shape index (κ2) is 9.61. The number of hydrogen-bond donors (Lipinski definition) is 1. The van der Waals surface area contributed by atoms with Crippen LogP contribution in [0.25, 0.3) is 5.69 Å². The average molecular weight is 494 g/mol. The number of carbonyl (C=O) groups excluding carboxylic acids is 1. The summed E-state index contributed by atoms with van der Waals surface area (Å²) in [4.78, 5) is 17.0. The van der Waals surface area contributed by atoms with E-state index in [1.807, 2.05) is 51.1 Å². The van der Waals surface area contributed by atoms with Crippen LogP contribution in [0.2, 0.25) is 5.02 Å². The van der Waals surface area contributed by atoms with Crippen molar-refractivity contribution in [2.24, 2.45) is 5.41 Å². The molecule has 0 radical (unpaired) electrons. The highest BCUT2D eigenvalue weighted by Crippen LogP contribution is 2.37. The van der Waals surface area contributed by atoms with Crippen LogP contribution in [0.5, 0.6) is 5.88 Å². The van der Waals surface area contributed by atoms with Crippen molar-refractivity contribution in [3.05, 3.63) is 64.8 Å². The lowest BCUT2D eigenvalue weighted by atomic mass is 9.86. The standard InChI is InChI=1S/C27H32ClN5O2/c1-27(2,3)26(34)30-20-15-18-14-19(28)9-12-22(18)33-23(16-20)31-32-25(33)17-7-10-21(11-8-17)35-24-6-4-5-13-29-24/h4-6,9,12-14,17,20-21H,7-8,10-11,15-16H2,1-3H3,(H,30,34)/t17?,20-,21?/m0/s1. The summed E-state index contributed by atoms with van der Waals surface area (Å²) < 4.78 is 8.30. The van der Waals surface area contributed by atoms with Gasteiger partial charge in [-0.2, -0.15) is 0 Å². The van der Waals surface area contributed by atoms with Gasteiger partial charge in [-0.15, -0.1) is 10.2 Å². The van der Waals surface area contributed by atoms with Crippen LogP contribution >= 0.6 is 11.6 Å². The van der Waals surface area contributed by atoms with Gasteiger partial charge in [-0.1, -0.05) is 38.4 Å². The molecule has 8 heteroatoms. The smallest absolute Gasteiger partial charge is 0.225 e. The van der Waals surface area contributed by atoms with Crippen molar-refractivity contribution in [1.29, 1.82) is 0 Å².